The highest BCUT2D eigenvalue weighted by atomic mass is 15.0. The van der Waals surface area contributed by atoms with E-state index in [1.165, 1.54) is 51.7 Å². The Kier molecular flexibility index (Phi) is 3.82. The molecular formula is C12H24N2. The van der Waals surface area contributed by atoms with E-state index < -0.39 is 0 Å². The second-order valence-electron chi connectivity index (χ2n) is 5.12. The van der Waals surface area contributed by atoms with Crippen molar-refractivity contribution in [3.63, 3.8) is 0 Å². The molecule has 0 bridgehead atoms. The van der Waals surface area contributed by atoms with E-state index >= 15 is 0 Å². The topological polar surface area (TPSA) is 24.1 Å². The van der Waals surface area contributed by atoms with Crippen LogP contribution in [-0.2, 0) is 0 Å². The van der Waals surface area contributed by atoms with Gasteiger partial charge in [-0.2, -0.15) is 0 Å². The average Bonchev–Trinajstić information content (AvgIpc) is 2.99. The maximum absolute atomic E-state index is 3.61. The largest absolute Gasteiger partial charge is 0.315 e. The van der Waals surface area contributed by atoms with E-state index in [0.29, 0.717) is 0 Å². The monoisotopic (exact) mass is 196 g/mol. The molecule has 2 heteroatoms. The van der Waals surface area contributed by atoms with Gasteiger partial charge in [-0.05, 0) is 44.2 Å². The Hall–Kier alpha value is -0.0800. The molecule has 0 amide bonds. The number of rotatable bonds is 5. The summed E-state index contributed by atoms with van der Waals surface area (Å²) in [5.74, 6) is 1.93. The second-order valence-corrected chi connectivity index (χ2v) is 5.12. The standard InChI is InChI=1S/C12H24N2/c1-10-3-2-7-14-12(10)9-13-8-6-11-4-5-11/h10-14H,2-9H2,1H3. The molecule has 2 rings (SSSR count). The van der Waals surface area contributed by atoms with Crippen molar-refractivity contribution in [3.05, 3.63) is 0 Å². The maximum Gasteiger partial charge on any atom is 0.0218 e. The summed E-state index contributed by atoms with van der Waals surface area (Å²) in [7, 11) is 0. The molecule has 0 radical (unpaired) electrons. The van der Waals surface area contributed by atoms with Crippen molar-refractivity contribution in [2.75, 3.05) is 19.6 Å². The van der Waals surface area contributed by atoms with Gasteiger partial charge in [-0.15, -0.1) is 0 Å². The van der Waals surface area contributed by atoms with Gasteiger partial charge in [-0.1, -0.05) is 19.8 Å². The molecule has 2 unspecified atom stereocenters. The molecule has 1 saturated carbocycles. The fourth-order valence-corrected chi connectivity index (χ4v) is 2.36. The molecule has 0 spiro atoms. The van der Waals surface area contributed by atoms with Crippen LogP contribution in [0.2, 0.25) is 0 Å². The predicted octanol–water partition coefficient (Wildman–Crippen LogP) is 1.76. The summed E-state index contributed by atoms with van der Waals surface area (Å²) in [4.78, 5) is 0. The number of piperidine rings is 1. The molecule has 0 aromatic heterocycles. The van der Waals surface area contributed by atoms with Gasteiger partial charge in [0.25, 0.3) is 0 Å². The van der Waals surface area contributed by atoms with Crippen LogP contribution in [0.3, 0.4) is 0 Å². The van der Waals surface area contributed by atoms with Crippen molar-refractivity contribution in [1.82, 2.24) is 10.6 Å². The number of nitrogens with one attached hydrogen (secondary N) is 2. The average molecular weight is 196 g/mol. The van der Waals surface area contributed by atoms with Gasteiger partial charge in [0.15, 0.2) is 0 Å². The quantitative estimate of drug-likeness (QED) is 0.655. The highest BCUT2D eigenvalue weighted by Gasteiger charge is 2.22. The van der Waals surface area contributed by atoms with Gasteiger partial charge in [0.1, 0.15) is 0 Å². The van der Waals surface area contributed by atoms with Gasteiger partial charge in [-0.3, -0.25) is 0 Å². The Morgan fingerprint density at radius 1 is 1.29 bits per heavy atom. The summed E-state index contributed by atoms with van der Waals surface area (Å²) in [6.45, 7) is 6.00. The van der Waals surface area contributed by atoms with E-state index in [2.05, 4.69) is 17.6 Å². The van der Waals surface area contributed by atoms with E-state index in [4.69, 9.17) is 0 Å². The van der Waals surface area contributed by atoms with E-state index in [0.717, 1.165) is 17.9 Å². The Morgan fingerprint density at radius 3 is 2.86 bits per heavy atom. The fraction of sp³-hybridized carbons (Fsp3) is 1.00. The molecule has 1 heterocycles. The Morgan fingerprint density at radius 2 is 2.14 bits per heavy atom. The van der Waals surface area contributed by atoms with Crippen molar-refractivity contribution >= 4 is 0 Å². The molecular weight excluding hydrogens is 172 g/mol. The molecule has 2 atom stereocenters. The molecule has 2 N–H and O–H groups in total. The van der Waals surface area contributed by atoms with E-state index in [1.807, 2.05) is 0 Å². The molecule has 1 aliphatic carbocycles. The predicted molar refractivity (Wildman–Crippen MR) is 60.4 cm³/mol. The van der Waals surface area contributed by atoms with Crippen LogP contribution in [0.4, 0.5) is 0 Å². The lowest BCUT2D eigenvalue weighted by Crippen LogP contribution is -2.46. The van der Waals surface area contributed by atoms with Crippen molar-refractivity contribution in [1.29, 1.82) is 0 Å². The van der Waals surface area contributed by atoms with Gasteiger partial charge in [0.2, 0.25) is 0 Å². The summed E-state index contributed by atoms with van der Waals surface area (Å²) in [5, 5.41) is 7.20. The van der Waals surface area contributed by atoms with Crippen LogP contribution in [0.25, 0.3) is 0 Å². The van der Waals surface area contributed by atoms with Crippen molar-refractivity contribution in [3.8, 4) is 0 Å². The smallest absolute Gasteiger partial charge is 0.0218 e. The lowest BCUT2D eigenvalue weighted by atomic mass is 9.93. The van der Waals surface area contributed by atoms with Crippen LogP contribution in [0.1, 0.15) is 39.0 Å². The third-order valence-corrected chi connectivity index (χ3v) is 3.72. The highest BCUT2D eigenvalue weighted by Crippen LogP contribution is 2.31. The molecule has 82 valence electrons. The van der Waals surface area contributed by atoms with Gasteiger partial charge in [0.05, 0.1) is 0 Å². The Balaban J connectivity index is 1.53. The third kappa shape index (κ3) is 3.25. The molecule has 0 aromatic carbocycles. The Bertz CT molecular complexity index is 166. The fourth-order valence-electron chi connectivity index (χ4n) is 2.36. The Labute approximate surface area is 87.8 Å². The number of hydrogen-bond donors (Lipinski definition) is 2. The molecule has 2 aliphatic rings. The van der Waals surface area contributed by atoms with Crippen LogP contribution in [0, 0.1) is 11.8 Å². The van der Waals surface area contributed by atoms with Crippen LogP contribution in [-0.4, -0.2) is 25.7 Å². The molecule has 14 heavy (non-hydrogen) atoms. The van der Waals surface area contributed by atoms with E-state index in [9.17, 15) is 0 Å². The zero-order valence-electron chi connectivity index (χ0n) is 9.39. The molecule has 1 saturated heterocycles. The van der Waals surface area contributed by atoms with Crippen molar-refractivity contribution in [2.24, 2.45) is 11.8 Å². The van der Waals surface area contributed by atoms with Crippen molar-refractivity contribution < 1.29 is 0 Å². The molecule has 2 fully saturated rings. The summed E-state index contributed by atoms with van der Waals surface area (Å²) in [6.07, 6.45) is 7.14. The van der Waals surface area contributed by atoms with E-state index in [-0.39, 0.29) is 0 Å². The first kappa shape index (κ1) is 10.4. The second kappa shape index (κ2) is 5.13. The molecule has 0 aromatic rings. The lowest BCUT2D eigenvalue weighted by Gasteiger charge is -2.30. The minimum Gasteiger partial charge on any atom is -0.315 e. The van der Waals surface area contributed by atoms with Gasteiger partial charge < -0.3 is 10.6 Å². The first-order chi connectivity index (χ1) is 6.86. The zero-order valence-corrected chi connectivity index (χ0v) is 9.39. The summed E-state index contributed by atoms with van der Waals surface area (Å²) in [6, 6.07) is 0.725. The van der Waals surface area contributed by atoms with Gasteiger partial charge in [0, 0.05) is 12.6 Å². The SMILES string of the molecule is CC1CCCNC1CNCCC1CC1. The zero-order chi connectivity index (χ0) is 9.80. The molecule has 2 nitrogen and oxygen atoms in total. The first-order valence-electron chi connectivity index (χ1n) is 6.30. The first-order valence-corrected chi connectivity index (χ1v) is 6.30. The van der Waals surface area contributed by atoms with Gasteiger partial charge >= 0.3 is 0 Å². The summed E-state index contributed by atoms with van der Waals surface area (Å²) >= 11 is 0. The minimum absolute atomic E-state index is 0.725. The third-order valence-electron chi connectivity index (χ3n) is 3.72. The van der Waals surface area contributed by atoms with E-state index in [1.54, 1.807) is 0 Å². The summed E-state index contributed by atoms with van der Waals surface area (Å²) < 4.78 is 0. The maximum atomic E-state index is 3.61. The van der Waals surface area contributed by atoms with Gasteiger partial charge in [-0.25, -0.2) is 0 Å². The molecule has 1 aliphatic heterocycles. The van der Waals surface area contributed by atoms with Crippen LogP contribution in [0.5, 0.6) is 0 Å². The highest BCUT2D eigenvalue weighted by molar-refractivity contribution is 4.81. The van der Waals surface area contributed by atoms with Crippen LogP contribution in [0.15, 0.2) is 0 Å². The van der Waals surface area contributed by atoms with Crippen LogP contribution < -0.4 is 10.6 Å². The summed E-state index contributed by atoms with van der Waals surface area (Å²) in [5.41, 5.74) is 0. The number of hydrogen-bond acceptors (Lipinski definition) is 2. The van der Waals surface area contributed by atoms with Crippen molar-refractivity contribution in [2.45, 2.75) is 45.1 Å². The van der Waals surface area contributed by atoms with Crippen LogP contribution >= 0.6 is 0 Å². The normalized spacial score (nSPS) is 33.2. The minimum atomic E-state index is 0.725. The lowest BCUT2D eigenvalue weighted by molar-refractivity contribution is 0.290.